The van der Waals surface area contributed by atoms with Gasteiger partial charge in [0.2, 0.25) is 5.28 Å². The van der Waals surface area contributed by atoms with Crippen LogP contribution < -0.4 is 16.8 Å². The SMILES string of the molecule is CN.NC1CC2CC1C(C=O)C2Nc1nc(Cl)ncc1F. The van der Waals surface area contributed by atoms with E-state index < -0.39 is 5.82 Å². The van der Waals surface area contributed by atoms with Crippen molar-refractivity contribution in [3.05, 3.63) is 17.3 Å². The minimum absolute atomic E-state index is 0.0218. The number of hydrogen-bond donors (Lipinski definition) is 3. The van der Waals surface area contributed by atoms with E-state index >= 15 is 0 Å². The van der Waals surface area contributed by atoms with Crippen LogP contribution in [0.3, 0.4) is 0 Å². The van der Waals surface area contributed by atoms with Crippen molar-refractivity contribution in [3.8, 4) is 0 Å². The second kappa shape index (κ2) is 6.64. The first-order valence-electron chi connectivity index (χ1n) is 6.83. The van der Waals surface area contributed by atoms with Gasteiger partial charge in [0.15, 0.2) is 11.6 Å². The smallest absolute Gasteiger partial charge is 0.224 e. The Labute approximate surface area is 127 Å². The molecule has 8 heteroatoms. The second-order valence-electron chi connectivity index (χ2n) is 5.28. The van der Waals surface area contributed by atoms with E-state index in [1.165, 1.54) is 7.05 Å². The molecule has 2 fully saturated rings. The van der Waals surface area contributed by atoms with Crippen LogP contribution in [0.4, 0.5) is 10.2 Å². The summed E-state index contributed by atoms with van der Waals surface area (Å²) >= 11 is 5.66. The highest BCUT2D eigenvalue weighted by Crippen LogP contribution is 2.48. The van der Waals surface area contributed by atoms with Gasteiger partial charge in [0, 0.05) is 18.0 Å². The van der Waals surface area contributed by atoms with Crippen molar-refractivity contribution in [2.24, 2.45) is 29.2 Å². The highest BCUT2D eigenvalue weighted by molar-refractivity contribution is 6.28. The van der Waals surface area contributed by atoms with Gasteiger partial charge in [-0.05, 0) is 43.3 Å². The number of nitrogens with zero attached hydrogens (tertiary/aromatic N) is 2. The fourth-order valence-corrected chi connectivity index (χ4v) is 3.60. The summed E-state index contributed by atoms with van der Waals surface area (Å²) in [5, 5.41) is 2.98. The van der Waals surface area contributed by atoms with Crippen LogP contribution >= 0.6 is 11.6 Å². The van der Waals surface area contributed by atoms with Crippen molar-refractivity contribution in [1.82, 2.24) is 9.97 Å². The summed E-state index contributed by atoms with van der Waals surface area (Å²) in [6.07, 6.45) is 3.70. The van der Waals surface area contributed by atoms with Crippen LogP contribution in [0, 0.1) is 23.6 Å². The average molecular weight is 316 g/mol. The Bertz CT molecular complexity index is 517. The fourth-order valence-electron chi connectivity index (χ4n) is 3.47. The lowest BCUT2D eigenvalue weighted by atomic mass is 9.82. The zero-order valence-electron chi connectivity index (χ0n) is 11.7. The van der Waals surface area contributed by atoms with Gasteiger partial charge in [-0.2, -0.15) is 4.98 Å². The molecule has 0 spiro atoms. The Kier molecular flexibility index (Phi) is 5.08. The third-order valence-electron chi connectivity index (χ3n) is 4.29. The zero-order chi connectivity index (χ0) is 15.6. The molecule has 3 rings (SSSR count). The third kappa shape index (κ3) is 3.00. The monoisotopic (exact) mass is 315 g/mol. The van der Waals surface area contributed by atoms with Crippen molar-refractivity contribution >= 4 is 23.7 Å². The van der Waals surface area contributed by atoms with Gasteiger partial charge < -0.3 is 21.6 Å². The van der Waals surface area contributed by atoms with E-state index in [1.807, 2.05) is 0 Å². The molecule has 2 aliphatic rings. The average Bonchev–Trinajstić information content (AvgIpc) is 3.02. The van der Waals surface area contributed by atoms with Gasteiger partial charge in [-0.3, -0.25) is 0 Å². The van der Waals surface area contributed by atoms with Crippen LogP contribution in [0.25, 0.3) is 0 Å². The number of carbonyl (C=O) groups is 1. The summed E-state index contributed by atoms with van der Waals surface area (Å²) < 4.78 is 13.6. The van der Waals surface area contributed by atoms with Crippen LogP contribution in [0.5, 0.6) is 0 Å². The molecule has 1 aromatic heterocycles. The van der Waals surface area contributed by atoms with Gasteiger partial charge in [-0.25, -0.2) is 9.37 Å². The lowest BCUT2D eigenvalue weighted by Crippen LogP contribution is -2.44. The summed E-state index contributed by atoms with van der Waals surface area (Å²) in [5.41, 5.74) is 10.5. The maximum absolute atomic E-state index is 13.6. The molecule has 1 aromatic rings. The number of aromatic nitrogens is 2. The molecule has 2 bridgehead atoms. The lowest BCUT2D eigenvalue weighted by molar-refractivity contribution is -0.112. The number of nitrogens with two attached hydrogens (primary N) is 2. The zero-order valence-corrected chi connectivity index (χ0v) is 12.4. The number of hydrogen-bond acceptors (Lipinski definition) is 6. The molecule has 5 unspecified atom stereocenters. The normalized spacial score (nSPS) is 33.3. The van der Waals surface area contributed by atoms with Gasteiger partial charge >= 0.3 is 0 Å². The van der Waals surface area contributed by atoms with Crippen LogP contribution in [0.2, 0.25) is 5.28 Å². The second-order valence-corrected chi connectivity index (χ2v) is 5.62. The number of nitrogens with one attached hydrogen (secondary N) is 1. The Morgan fingerprint density at radius 3 is 2.86 bits per heavy atom. The van der Waals surface area contributed by atoms with Crippen LogP contribution in [0.1, 0.15) is 12.8 Å². The van der Waals surface area contributed by atoms with Crippen LogP contribution in [-0.2, 0) is 4.79 Å². The first-order valence-corrected chi connectivity index (χ1v) is 7.21. The van der Waals surface area contributed by atoms with Crippen LogP contribution in [0.15, 0.2) is 6.20 Å². The van der Waals surface area contributed by atoms with Crippen LogP contribution in [-0.4, -0.2) is 35.4 Å². The van der Waals surface area contributed by atoms with Gasteiger partial charge in [0.05, 0.1) is 6.20 Å². The van der Waals surface area contributed by atoms with Gasteiger partial charge in [0.1, 0.15) is 6.29 Å². The Morgan fingerprint density at radius 2 is 2.19 bits per heavy atom. The largest absolute Gasteiger partial charge is 0.364 e. The summed E-state index contributed by atoms with van der Waals surface area (Å²) in [4.78, 5) is 18.6. The molecule has 5 atom stereocenters. The maximum atomic E-state index is 13.6. The lowest BCUT2D eigenvalue weighted by Gasteiger charge is -2.31. The number of aldehydes is 1. The molecule has 0 amide bonds. The van der Waals surface area contributed by atoms with Crippen molar-refractivity contribution in [3.63, 3.8) is 0 Å². The molecule has 1 heterocycles. The molecule has 21 heavy (non-hydrogen) atoms. The van der Waals surface area contributed by atoms with E-state index in [9.17, 15) is 9.18 Å². The van der Waals surface area contributed by atoms with Crippen molar-refractivity contribution in [2.75, 3.05) is 12.4 Å². The molecule has 2 saturated carbocycles. The number of fused-ring (bicyclic) bond motifs is 2. The first kappa shape index (κ1) is 16.1. The van der Waals surface area contributed by atoms with Gasteiger partial charge in [-0.15, -0.1) is 0 Å². The first-order chi connectivity index (χ1) is 10.1. The fraction of sp³-hybridized carbons (Fsp3) is 0.615. The van der Waals surface area contributed by atoms with E-state index in [1.54, 1.807) is 0 Å². The molecule has 6 nitrogen and oxygen atoms in total. The predicted octanol–water partition coefficient (Wildman–Crippen LogP) is 0.807. The summed E-state index contributed by atoms with van der Waals surface area (Å²) in [7, 11) is 1.50. The van der Waals surface area contributed by atoms with Crippen molar-refractivity contribution in [2.45, 2.75) is 24.9 Å². The molecule has 0 aromatic carbocycles. The Hall–Kier alpha value is -1.31. The van der Waals surface area contributed by atoms with E-state index in [2.05, 4.69) is 21.0 Å². The topological polar surface area (TPSA) is 107 Å². The number of anilines is 1. The molecular formula is C13H19ClFN5O. The standard InChI is InChI=1S/C12H14ClFN4O.CH5N/c13-12-16-3-8(14)11(18-12)17-10-5-1-6(7(10)4-19)9(15)2-5;1-2/h3-7,9-10H,1-2,15H2,(H,16,17,18);2H2,1H3. The maximum Gasteiger partial charge on any atom is 0.224 e. The molecule has 0 saturated heterocycles. The Balaban J connectivity index is 0.000000774. The minimum atomic E-state index is -0.568. The predicted molar refractivity (Wildman–Crippen MR) is 78.3 cm³/mol. The minimum Gasteiger partial charge on any atom is -0.364 e. The quantitative estimate of drug-likeness (QED) is 0.563. The van der Waals surface area contributed by atoms with Crippen molar-refractivity contribution < 1.29 is 9.18 Å². The van der Waals surface area contributed by atoms with Crippen molar-refractivity contribution in [1.29, 1.82) is 0 Å². The van der Waals surface area contributed by atoms with E-state index in [0.717, 1.165) is 25.3 Å². The number of halogens is 2. The molecule has 5 N–H and O–H groups in total. The van der Waals surface area contributed by atoms with Gasteiger partial charge in [0.25, 0.3) is 0 Å². The third-order valence-corrected chi connectivity index (χ3v) is 4.47. The number of rotatable bonds is 3. The Morgan fingerprint density at radius 1 is 1.48 bits per heavy atom. The summed E-state index contributed by atoms with van der Waals surface area (Å²) in [6.45, 7) is 0. The van der Waals surface area contributed by atoms with Gasteiger partial charge in [-0.1, -0.05) is 0 Å². The van der Waals surface area contributed by atoms with E-state index in [-0.39, 0.29) is 40.9 Å². The highest BCUT2D eigenvalue weighted by Gasteiger charge is 2.51. The summed E-state index contributed by atoms with van der Waals surface area (Å²) in [6, 6.07) is -0.0557. The van der Waals surface area contributed by atoms with E-state index in [4.69, 9.17) is 17.3 Å². The highest BCUT2D eigenvalue weighted by atomic mass is 35.5. The molecule has 2 aliphatic carbocycles. The molecule has 0 radical (unpaired) electrons. The molecule has 116 valence electrons. The molecule has 0 aliphatic heterocycles. The van der Waals surface area contributed by atoms with E-state index in [0.29, 0.717) is 0 Å². The molecular weight excluding hydrogens is 297 g/mol. The summed E-state index contributed by atoms with van der Waals surface area (Å²) in [5.74, 6) is -0.246. The number of carbonyl (C=O) groups excluding carboxylic acids is 1.